The van der Waals surface area contributed by atoms with Crippen LogP contribution in [0.5, 0.6) is 5.75 Å². The first-order chi connectivity index (χ1) is 9.62. The van der Waals surface area contributed by atoms with Gasteiger partial charge in [-0.15, -0.1) is 0 Å². The van der Waals surface area contributed by atoms with Crippen LogP contribution in [-0.2, 0) is 9.31 Å². The van der Waals surface area contributed by atoms with Gasteiger partial charge in [-0.05, 0) is 64.7 Å². The van der Waals surface area contributed by atoms with Gasteiger partial charge in [0.15, 0.2) is 0 Å². The smallest absolute Gasteiger partial charge is 0.491 e. The molecule has 114 valence electrons. The molecule has 2 rings (SSSR count). The molecule has 0 amide bonds. The summed E-state index contributed by atoms with van der Waals surface area (Å²) in [6.45, 7) is 16.3. The summed E-state index contributed by atoms with van der Waals surface area (Å²) in [6, 6.07) is 7.89. The van der Waals surface area contributed by atoms with Crippen LogP contribution in [0.25, 0.3) is 5.47 Å². The van der Waals surface area contributed by atoms with Crippen LogP contribution in [0.2, 0.25) is 0 Å². The van der Waals surface area contributed by atoms with Crippen molar-refractivity contribution in [2.24, 2.45) is 0 Å². The lowest BCUT2D eigenvalue weighted by molar-refractivity contribution is 0.00578. The van der Waals surface area contributed by atoms with Crippen molar-refractivity contribution < 1.29 is 14.0 Å². The average Bonchev–Trinajstić information content (AvgIpc) is 2.57. The number of rotatable bonds is 4. The fraction of sp³-hybridized carbons (Fsp3) is 0.529. The highest BCUT2D eigenvalue weighted by atomic mass is 16.7. The van der Waals surface area contributed by atoms with E-state index in [1.54, 1.807) is 0 Å². The largest absolute Gasteiger partial charge is 0.494 e. The van der Waals surface area contributed by atoms with Gasteiger partial charge in [0.1, 0.15) is 5.75 Å². The summed E-state index contributed by atoms with van der Waals surface area (Å²) in [7, 11) is -0.427. The van der Waals surface area contributed by atoms with Crippen LogP contribution >= 0.6 is 0 Å². The maximum absolute atomic E-state index is 6.04. The summed E-state index contributed by atoms with van der Waals surface area (Å²) in [4.78, 5) is 0. The third kappa shape index (κ3) is 3.33. The van der Waals surface area contributed by atoms with Crippen LogP contribution in [0, 0.1) is 0 Å². The van der Waals surface area contributed by atoms with Crippen molar-refractivity contribution in [3.63, 3.8) is 0 Å². The molecular weight excluding hydrogens is 263 g/mol. The molecule has 1 aromatic carbocycles. The summed E-state index contributed by atoms with van der Waals surface area (Å²) < 4.78 is 17.8. The number of hydrogen-bond donors (Lipinski definition) is 0. The molecular formula is C17H25BO3. The minimum atomic E-state index is -0.427. The molecule has 1 aliphatic heterocycles. The molecule has 3 nitrogen and oxygen atoms in total. The van der Waals surface area contributed by atoms with Crippen molar-refractivity contribution in [1.82, 2.24) is 0 Å². The monoisotopic (exact) mass is 288 g/mol. The molecule has 1 aromatic rings. The van der Waals surface area contributed by atoms with Crippen molar-refractivity contribution in [3.8, 4) is 5.75 Å². The van der Waals surface area contributed by atoms with E-state index in [-0.39, 0.29) is 17.3 Å². The summed E-state index contributed by atoms with van der Waals surface area (Å²) in [5.74, 6) is 0.833. The van der Waals surface area contributed by atoms with Crippen LogP contribution in [0.1, 0.15) is 47.1 Å². The lowest BCUT2D eigenvalue weighted by Gasteiger charge is -2.32. The third-order valence-corrected chi connectivity index (χ3v) is 4.11. The second-order valence-corrected chi connectivity index (χ2v) is 6.81. The Kier molecular flexibility index (Phi) is 4.23. The van der Waals surface area contributed by atoms with E-state index >= 15 is 0 Å². The van der Waals surface area contributed by atoms with E-state index in [4.69, 9.17) is 14.0 Å². The molecule has 1 fully saturated rings. The van der Waals surface area contributed by atoms with Gasteiger partial charge in [-0.1, -0.05) is 18.7 Å². The fourth-order valence-corrected chi connectivity index (χ4v) is 2.16. The highest BCUT2D eigenvalue weighted by molar-refractivity contribution is 6.68. The fourth-order valence-electron chi connectivity index (χ4n) is 2.16. The topological polar surface area (TPSA) is 27.7 Å². The second-order valence-electron chi connectivity index (χ2n) is 6.81. The number of ether oxygens (including phenoxy) is 1. The normalized spacial score (nSPS) is 19.9. The molecule has 0 N–H and O–H groups in total. The molecule has 0 bridgehead atoms. The Bertz CT molecular complexity index is 519. The van der Waals surface area contributed by atoms with Crippen LogP contribution < -0.4 is 4.74 Å². The van der Waals surface area contributed by atoms with Crippen LogP contribution in [0.3, 0.4) is 0 Å². The number of benzene rings is 1. The predicted molar refractivity (Wildman–Crippen MR) is 87.3 cm³/mol. The Labute approximate surface area is 128 Å². The van der Waals surface area contributed by atoms with Crippen molar-refractivity contribution in [3.05, 3.63) is 36.4 Å². The maximum atomic E-state index is 6.04. The van der Waals surface area contributed by atoms with Crippen molar-refractivity contribution in [2.45, 2.75) is 58.8 Å². The van der Waals surface area contributed by atoms with Gasteiger partial charge in [0.2, 0.25) is 0 Å². The van der Waals surface area contributed by atoms with E-state index in [0.29, 0.717) is 0 Å². The van der Waals surface area contributed by atoms with Gasteiger partial charge in [-0.2, -0.15) is 0 Å². The minimum absolute atomic E-state index is 0.144. The summed E-state index contributed by atoms with van der Waals surface area (Å²) in [5.41, 5.74) is 1.09. The molecule has 0 spiro atoms. The van der Waals surface area contributed by atoms with Gasteiger partial charge in [0.05, 0.1) is 17.3 Å². The van der Waals surface area contributed by atoms with E-state index in [9.17, 15) is 0 Å². The first kappa shape index (κ1) is 16.1. The van der Waals surface area contributed by atoms with Crippen molar-refractivity contribution >= 4 is 12.6 Å². The van der Waals surface area contributed by atoms with Gasteiger partial charge >= 0.3 is 7.12 Å². The Morgan fingerprint density at radius 1 is 1.14 bits per heavy atom. The van der Waals surface area contributed by atoms with Crippen LogP contribution in [-0.4, -0.2) is 24.4 Å². The highest BCUT2D eigenvalue weighted by Crippen LogP contribution is 2.40. The number of hydrogen-bond acceptors (Lipinski definition) is 3. The first-order valence-electron chi connectivity index (χ1n) is 7.44. The molecule has 4 heteroatoms. The van der Waals surface area contributed by atoms with Crippen LogP contribution in [0.4, 0.5) is 0 Å². The van der Waals surface area contributed by atoms with Crippen molar-refractivity contribution in [1.29, 1.82) is 0 Å². The second kappa shape index (κ2) is 5.50. The zero-order chi connectivity index (χ0) is 15.8. The van der Waals surface area contributed by atoms with Crippen molar-refractivity contribution in [2.75, 3.05) is 0 Å². The molecule has 0 atom stereocenters. The summed E-state index contributed by atoms with van der Waals surface area (Å²) in [5, 5.41) is 0. The van der Waals surface area contributed by atoms with E-state index in [2.05, 4.69) is 6.58 Å². The lowest BCUT2D eigenvalue weighted by Crippen LogP contribution is -2.41. The van der Waals surface area contributed by atoms with E-state index in [0.717, 1.165) is 16.8 Å². The zero-order valence-corrected chi connectivity index (χ0v) is 13.9. The minimum Gasteiger partial charge on any atom is -0.491 e. The Morgan fingerprint density at radius 2 is 1.71 bits per heavy atom. The molecule has 1 saturated heterocycles. The molecule has 21 heavy (non-hydrogen) atoms. The zero-order valence-electron chi connectivity index (χ0n) is 13.9. The average molecular weight is 288 g/mol. The third-order valence-electron chi connectivity index (χ3n) is 4.11. The lowest BCUT2D eigenvalue weighted by atomic mass is 9.75. The van der Waals surface area contributed by atoms with E-state index < -0.39 is 7.12 Å². The molecule has 1 heterocycles. The Morgan fingerprint density at radius 3 is 2.24 bits per heavy atom. The highest BCUT2D eigenvalue weighted by Gasteiger charge is 2.52. The van der Waals surface area contributed by atoms with Gasteiger partial charge in [0, 0.05) is 0 Å². The van der Waals surface area contributed by atoms with Crippen LogP contribution in [0.15, 0.2) is 30.8 Å². The summed E-state index contributed by atoms with van der Waals surface area (Å²) >= 11 is 0. The molecule has 0 unspecified atom stereocenters. The SMILES string of the molecule is C=C(B1OC(C)(C)C(C)(C)O1)c1cccc(OC(C)C)c1. The molecule has 0 saturated carbocycles. The first-order valence-corrected chi connectivity index (χ1v) is 7.44. The molecule has 0 aliphatic carbocycles. The van der Waals surface area contributed by atoms with Gasteiger partial charge in [0.25, 0.3) is 0 Å². The molecule has 0 radical (unpaired) electrons. The predicted octanol–water partition coefficient (Wildman–Crippen LogP) is 4.12. The Balaban J connectivity index is 2.18. The Hall–Kier alpha value is -1.26. The maximum Gasteiger partial charge on any atom is 0.494 e. The van der Waals surface area contributed by atoms with E-state index in [1.807, 2.05) is 65.8 Å². The van der Waals surface area contributed by atoms with Gasteiger partial charge in [-0.3, -0.25) is 0 Å². The standard InChI is InChI=1S/C17H25BO3/c1-12(2)19-15-10-8-9-14(11-15)13(3)18-20-16(4,5)17(6,7)21-18/h8-12H,3H2,1-2,4-7H3. The van der Waals surface area contributed by atoms with E-state index in [1.165, 1.54) is 0 Å². The quantitative estimate of drug-likeness (QED) is 0.780. The molecule has 1 aliphatic rings. The van der Waals surface area contributed by atoms with Gasteiger partial charge in [-0.25, -0.2) is 0 Å². The summed E-state index contributed by atoms with van der Waals surface area (Å²) in [6.07, 6.45) is 0.144. The van der Waals surface area contributed by atoms with Gasteiger partial charge < -0.3 is 14.0 Å². The molecule has 0 aromatic heterocycles.